The maximum Gasteiger partial charge on any atom is 0.326 e. The molecule has 0 aromatic heterocycles. The maximum atomic E-state index is 13.2. The highest BCUT2D eigenvalue weighted by atomic mass is 16.4. The number of phenolic OH excluding ortho intramolecular Hbond substituents is 2. The number of carboxylic acid groups (broad SMARTS) is 1. The maximum absolute atomic E-state index is 13.2. The molecular formula is C27H36N4O7. The SMILES string of the molecule is CC(C)CC(N)C(=O)NC(C)C(=O)NC(Cc1ccc(O)cc1)C(=O)NC(Cc1ccc(O)cc1)C(=O)O. The number of carbonyl (C=O) groups excluding carboxylic acids is 3. The number of amides is 3. The van der Waals surface area contributed by atoms with Gasteiger partial charge in [-0.2, -0.15) is 0 Å². The lowest BCUT2D eigenvalue weighted by Crippen LogP contribution is -2.57. The van der Waals surface area contributed by atoms with Crippen LogP contribution in [0.4, 0.5) is 0 Å². The van der Waals surface area contributed by atoms with E-state index in [-0.39, 0.29) is 30.3 Å². The van der Waals surface area contributed by atoms with Gasteiger partial charge in [-0.1, -0.05) is 38.1 Å². The number of carboxylic acids is 1. The normalized spacial score (nSPS) is 14.1. The van der Waals surface area contributed by atoms with E-state index in [9.17, 15) is 34.5 Å². The van der Waals surface area contributed by atoms with Crippen molar-refractivity contribution in [2.45, 2.75) is 64.2 Å². The summed E-state index contributed by atoms with van der Waals surface area (Å²) in [7, 11) is 0. The van der Waals surface area contributed by atoms with Gasteiger partial charge < -0.3 is 37.0 Å². The van der Waals surface area contributed by atoms with E-state index in [1.165, 1.54) is 31.2 Å². The summed E-state index contributed by atoms with van der Waals surface area (Å²) < 4.78 is 0. The highest BCUT2D eigenvalue weighted by Crippen LogP contribution is 2.14. The zero-order chi connectivity index (χ0) is 28.4. The largest absolute Gasteiger partial charge is 0.508 e. The topological polar surface area (TPSA) is 191 Å². The molecule has 0 aliphatic heterocycles. The molecule has 0 fully saturated rings. The van der Waals surface area contributed by atoms with Crippen LogP contribution in [-0.4, -0.2) is 63.2 Å². The van der Waals surface area contributed by atoms with Gasteiger partial charge in [-0.05, 0) is 54.7 Å². The number of nitrogens with two attached hydrogens (primary N) is 1. The van der Waals surface area contributed by atoms with Crippen LogP contribution in [0, 0.1) is 5.92 Å². The first-order chi connectivity index (χ1) is 17.8. The van der Waals surface area contributed by atoms with Crippen LogP contribution < -0.4 is 21.7 Å². The first-order valence-corrected chi connectivity index (χ1v) is 12.3. The number of nitrogens with one attached hydrogen (secondary N) is 3. The van der Waals surface area contributed by atoms with E-state index in [1.807, 2.05) is 13.8 Å². The number of hydrogen-bond donors (Lipinski definition) is 7. The van der Waals surface area contributed by atoms with Gasteiger partial charge >= 0.3 is 5.97 Å². The number of phenols is 2. The zero-order valence-electron chi connectivity index (χ0n) is 21.7. The van der Waals surface area contributed by atoms with Gasteiger partial charge in [0.15, 0.2) is 0 Å². The van der Waals surface area contributed by atoms with Crippen LogP contribution in [0.2, 0.25) is 0 Å². The molecule has 11 heteroatoms. The number of aromatic hydroxyl groups is 2. The van der Waals surface area contributed by atoms with Gasteiger partial charge in [-0.15, -0.1) is 0 Å². The summed E-state index contributed by atoms with van der Waals surface area (Å²) in [4.78, 5) is 50.3. The Bertz CT molecular complexity index is 1100. The third kappa shape index (κ3) is 9.74. The highest BCUT2D eigenvalue weighted by molar-refractivity contribution is 5.94. The molecule has 4 unspecified atom stereocenters. The second-order valence-electron chi connectivity index (χ2n) is 9.67. The van der Waals surface area contributed by atoms with Crippen LogP contribution in [-0.2, 0) is 32.0 Å². The van der Waals surface area contributed by atoms with Gasteiger partial charge in [-0.3, -0.25) is 14.4 Å². The molecule has 3 amide bonds. The predicted octanol–water partition coefficient (Wildman–Crippen LogP) is 0.815. The Kier molecular flexibility index (Phi) is 11.1. The van der Waals surface area contributed by atoms with Crippen LogP contribution >= 0.6 is 0 Å². The third-order valence-corrected chi connectivity index (χ3v) is 5.81. The standard InChI is InChI=1S/C27H36N4O7/c1-15(2)12-21(28)25(35)29-16(3)24(34)30-22(13-17-4-8-19(32)9-5-17)26(36)31-23(27(37)38)14-18-6-10-20(33)11-7-18/h4-11,15-16,21-23,32-33H,12-14,28H2,1-3H3,(H,29,35)(H,30,34)(H,31,36)(H,37,38). The Morgan fingerprint density at radius 2 is 1.16 bits per heavy atom. The molecule has 11 nitrogen and oxygen atoms in total. The van der Waals surface area contributed by atoms with Crippen LogP contribution in [0.5, 0.6) is 11.5 Å². The Morgan fingerprint density at radius 1 is 0.711 bits per heavy atom. The van der Waals surface area contributed by atoms with Gasteiger partial charge in [-0.25, -0.2) is 4.79 Å². The fraction of sp³-hybridized carbons (Fsp3) is 0.407. The van der Waals surface area contributed by atoms with Crippen LogP contribution in [0.25, 0.3) is 0 Å². The van der Waals surface area contributed by atoms with E-state index in [2.05, 4.69) is 16.0 Å². The highest BCUT2D eigenvalue weighted by Gasteiger charge is 2.29. The number of rotatable bonds is 13. The molecule has 0 radical (unpaired) electrons. The van der Waals surface area contributed by atoms with E-state index in [4.69, 9.17) is 5.73 Å². The van der Waals surface area contributed by atoms with Crippen molar-refractivity contribution in [3.63, 3.8) is 0 Å². The van der Waals surface area contributed by atoms with Crippen molar-refractivity contribution in [1.82, 2.24) is 16.0 Å². The summed E-state index contributed by atoms with van der Waals surface area (Å²) in [6.07, 6.45) is 0.377. The summed E-state index contributed by atoms with van der Waals surface area (Å²) >= 11 is 0. The fourth-order valence-electron chi connectivity index (χ4n) is 3.71. The number of benzene rings is 2. The third-order valence-electron chi connectivity index (χ3n) is 5.81. The molecule has 0 heterocycles. The summed E-state index contributed by atoms with van der Waals surface area (Å²) in [5, 5.41) is 36.3. The summed E-state index contributed by atoms with van der Waals surface area (Å²) in [5.41, 5.74) is 7.06. The van der Waals surface area contributed by atoms with Crippen LogP contribution in [0.1, 0.15) is 38.3 Å². The van der Waals surface area contributed by atoms with Crippen molar-refractivity contribution in [3.8, 4) is 11.5 Å². The van der Waals surface area contributed by atoms with Crippen molar-refractivity contribution in [2.24, 2.45) is 11.7 Å². The number of hydrogen-bond acceptors (Lipinski definition) is 7. The molecule has 0 spiro atoms. The smallest absolute Gasteiger partial charge is 0.326 e. The molecule has 0 saturated carbocycles. The Balaban J connectivity index is 2.16. The van der Waals surface area contributed by atoms with Gasteiger partial charge in [0.2, 0.25) is 17.7 Å². The average Bonchev–Trinajstić information content (AvgIpc) is 2.85. The van der Waals surface area contributed by atoms with E-state index in [0.717, 1.165) is 0 Å². The van der Waals surface area contributed by atoms with E-state index < -0.39 is 47.9 Å². The lowest BCUT2D eigenvalue weighted by Gasteiger charge is -2.24. The first kappa shape index (κ1) is 30.1. The van der Waals surface area contributed by atoms with Gasteiger partial charge in [0.1, 0.15) is 29.6 Å². The average molecular weight is 529 g/mol. The fourth-order valence-corrected chi connectivity index (χ4v) is 3.71. The lowest BCUT2D eigenvalue weighted by molar-refractivity contribution is -0.142. The quantitative estimate of drug-likeness (QED) is 0.199. The molecule has 0 aliphatic carbocycles. The van der Waals surface area contributed by atoms with Crippen LogP contribution in [0.3, 0.4) is 0 Å². The molecule has 2 rings (SSSR count). The Morgan fingerprint density at radius 3 is 1.61 bits per heavy atom. The molecule has 0 saturated heterocycles. The van der Waals surface area contributed by atoms with Crippen molar-refractivity contribution < 1.29 is 34.5 Å². The molecule has 2 aromatic carbocycles. The lowest BCUT2D eigenvalue weighted by atomic mass is 10.0. The van der Waals surface area contributed by atoms with Crippen LogP contribution in [0.15, 0.2) is 48.5 Å². The first-order valence-electron chi connectivity index (χ1n) is 12.3. The molecule has 8 N–H and O–H groups in total. The minimum atomic E-state index is -1.31. The second kappa shape index (κ2) is 14.0. The van der Waals surface area contributed by atoms with Crippen molar-refractivity contribution in [2.75, 3.05) is 0 Å². The van der Waals surface area contributed by atoms with E-state index in [0.29, 0.717) is 17.5 Å². The van der Waals surface area contributed by atoms with Crippen molar-refractivity contribution in [1.29, 1.82) is 0 Å². The molecule has 206 valence electrons. The molecule has 2 aromatic rings. The molecule has 4 atom stereocenters. The Labute approximate surface area is 221 Å². The van der Waals surface area contributed by atoms with Crippen molar-refractivity contribution in [3.05, 3.63) is 59.7 Å². The number of aliphatic carboxylic acids is 1. The van der Waals surface area contributed by atoms with Gasteiger partial charge in [0.25, 0.3) is 0 Å². The zero-order valence-corrected chi connectivity index (χ0v) is 21.7. The van der Waals surface area contributed by atoms with Gasteiger partial charge in [0, 0.05) is 12.8 Å². The summed E-state index contributed by atoms with van der Waals surface area (Å²) in [5.74, 6) is -2.95. The summed E-state index contributed by atoms with van der Waals surface area (Å²) in [6, 6.07) is 7.61. The van der Waals surface area contributed by atoms with E-state index >= 15 is 0 Å². The minimum Gasteiger partial charge on any atom is -0.508 e. The Hall–Kier alpha value is -4.12. The van der Waals surface area contributed by atoms with E-state index in [1.54, 1.807) is 24.3 Å². The van der Waals surface area contributed by atoms with Crippen molar-refractivity contribution >= 4 is 23.7 Å². The molecule has 0 aliphatic rings. The summed E-state index contributed by atoms with van der Waals surface area (Å²) in [6.45, 7) is 5.29. The number of carbonyl (C=O) groups is 4. The minimum absolute atomic E-state index is 0.00304. The molecule has 0 bridgehead atoms. The second-order valence-corrected chi connectivity index (χ2v) is 9.67. The predicted molar refractivity (Wildman–Crippen MR) is 140 cm³/mol. The molecular weight excluding hydrogens is 492 g/mol. The van der Waals surface area contributed by atoms with Gasteiger partial charge in [0.05, 0.1) is 6.04 Å². The monoisotopic (exact) mass is 528 g/mol. The molecule has 38 heavy (non-hydrogen) atoms.